The molecular weight excluding hydrogens is 308 g/mol. The summed E-state index contributed by atoms with van der Waals surface area (Å²) in [5, 5.41) is 4.20. The highest BCUT2D eigenvalue weighted by atomic mass is 32.2. The van der Waals surface area contributed by atoms with Crippen LogP contribution < -0.4 is 0 Å². The van der Waals surface area contributed by atoms with Gasteiger partial charge in [-0.1, -0.05) is 23.4 Å². The van der Waals surface area contributed by atoms with Gasteiger partial charge in [-0.2, -0.15) is 0 Å². The van der Waals surface area contributed by atoms with E-state index in [2.05, 4.69) is 17.3 Å². The van der Waals surface area contributed by atoms with E-state index in [1.54, 1.807) is 16.7 Å². The largest absolute Gasteiger partial charge is 0.361 e. The molecule has 0 N–H and O–H groups in total. The Labute approximate surface area is 140 Å². The first kappa shape index (κ1) is 14.8. The molecule has 1 aromatic heterocycles. The van der Waals surface area contributed by atoms with Crippen LogP contribution >= 0.6 is 11.8 Å². The molecule has 120 valence electrons. The Bertz CT molecular complexity index is 715. The number of benzene rings is 1. The van der Waals surface area contributed by atoms with Crippen LogP contribution in [-0.4, -0.2) is 28.3 Å². The molecule has 0 radical (unpaired) electrons. The fourth-order valence-electron chi connectivity index (χ4n) is 3.44. The Morgan fingerprint density at radius 2 is 2.17 bits per heavy atom. The maximum atomic E-state index is 12.8. The summed E-state index contributed by atoms with van der Waals surface area (Å²) in [5.41, 5.74) is 3.46. The van der Waals surface area contributed by atoms with E-state index in [1.165, 1.54) is 28.9 Å². The minimum atomic E-state index is -0.0138. The summed E-state index contributed by atoms with van der Waals surface area (Å²) in [5.74, 6) is 1.20. The lowest BCUT2D eigenvalue weighted by Crippen LogP contribution is -2.34. The van der Waals surface area contributed by atoms with Gasteiger partial charge in [0, 0.05) is 23.9 Å². The van der Waals surface area contributed by atoms with Gasteiger partial charge < -0.3 is 9.42 Å². The van der Waals surface area contributed by atoms with Gasteiger partial charge in [0.05, 0.1) is 11.8 Å². The minimum Gasteiger partial charge on any atom is -0.361 e. The molecule has 0 saturated carbocycles. The summed E-state index contributed by atoms with van der Waals surface area (Å²) in [6, 6.07) is 8.28. The van der Waals surface area contributed by atoms with Gasteiger partial charge >= 0.3 is 0 Å². The van der Waals surface area contributed by atoms with Gasteiger partial charge in [-0.15, -0.1) is 11.8 Å². The SMILES string of the molecule is CN(Cc1noc2c1CCCC2)C(=O)C1Cc2ccccc2S1. The highest BCUT2D eigenvalue weighted by molar-refractivity contribution is 8.01. The molecule has 2 aromatic rings. The quantitative estimate of drug-likeness (QED) is 0.868. The lowest BCUT2D eigenvalue weighted by molar-refractivity contribution is -0.129. The predicted octanol–water partition coefficient (Wildman–Crippen LogP) is 3.23. The van der Waals surface area contributed by atoms with E-state index in [0.29, 0.717) is 6.54 Å². The maximum Gasteiger partial charge on any atom is 0.236 e. The fraction of sp³-hybridized carbons (Fsp3) is 0.444. The molecule has 1 amide bonds. The first-order valence-electron chi connectivity index (χ1n) is 8.18. The van der Waals surface area contributed by atoms with Gasteiger partial charge in [-0.05, 0) is 37.3 Å². The monoisotopic (exact) mass is 328 g/mol. The number of carbonyl (C=O) groups excluding carboxylic acids is 1. The van der Waals surface area contributed by atoms with Crippen LogP contribution in [-0.2, 0) is 30.6 Å². The highest BCUT2D eigenvalue weighted by Crippen LogP contribution is 2.37. The molecule has 0 bridgehead atoms. The molecule has 1 aromatic carbocycles. The van der Waals surface area contributed by atoms with Crippen molar-refractivity contribution in [3.05, 3.63) is 46.8 Å². The zero-order valence-corrected chi connectivity index (χ0v) is 14.1. The summed E-state index contributed by atoms with van der Waals surface area (Å²) in [6.45, 7) is 0.547. The Balaban J connectivity index is 1.45. The van der Waals surface area contributed by atoms with Crippen LogP contribution in [0.3, 0.4) is 0 Å². The van der Waals surface area contributed by atoms with Crippen LogP contribution in [0.5, 0.6) is 0 Å². The number of carbonyl (C=O) groups is 1. The van der Waals surface area contributed by atoms with E-state index >= 15 is 0 Å². The van der Waals surface area contributed by atoms with E-state index in [4.69, 9.17) is 4.52 Å². The van der Waals surface area contributed by atoms with E-state index in [9.17, 15) is 4.79 Å². The normalized spacial score (nSPS) is 19.3. The highest BCUT2D eigenvalue weighted by Gasteiger charge is 2.31. The van der Waals surface area contributed by atoms with Gasteiger partial charge in [-0.3, -0.25) is 4.79 Å². The number of fused-ring (bicyclic) bond motifs is 2. The Kier molecular flexibility index (Phi) is 3.89. The number of aromatic nitrogens is 1. The number of thioether (sulfide) groups is 1. The van der Waals surface area contributed by atoms with Gasteiger partial charge in [0.25, 0.3) is 0 Å². The van der Waals surface area contributed by atoms with Gasteiger partial charge in [-0.25, -0.2) is 0 Å². The minimum absolute atomic E-state index is 0.0138. The average Bonchev–Trinajstić information content (AvgIpc) is 3.18. The smallest absolute Gasteiger partial charge is 0.236 e. The molecule has 4 nitrogen and oxygen atoms in total. The van der Waals surface area contributed by atoms with Crippen molar-refractivity contribution in [1.82, 2.24) is 10.1 Å². The third-order valence-electron chi connectivity index (χ3n) is 4.72. The van der Waals surface area contributed by atoms with Gasteiger partial charge in [0.1, 0.15) is 11.5 Å². The van der Waals surface area contributed by atoms with Crippen molar-refractivity contribution in [2.45, 2.75) is 48.8 Å². The Morgan fingerprint density at radius 1 is 1.35 bits per heavy atom. The number of hydrogen-bond acceptors (Lipinski definition) is 4. The van der Waals surface area contributed by atoms with Crippen LogP contribution in [0.4, 0.5) is 0 Å². The molecule has 4 rings (SSSR count). The van der Waals surface area contributed by atoms with Gasteiger partial charge in [0.2, 0.25) is 5.91 Å². The molecule has 1 aliphatic carbocycles. The van der Waals surface area contributed by atoms with E-state index in [1.807, 2.05) is 19.2 Å². The maximum absolute atomic E-state index is 12.8. The van der Waals surface area contributed by atoms with Crippen molar-refractivity contribution in [2.24, 2.45) is 0 Å². The van der Waals surface area contributed by atoms with Crippen LogP contribution in [0.15, 0.2) is 33.7 Å². The summed E-state index contributed by atoms with van der Waals surface area (Å²) in [6.07, 6.45) is 5.19. The second-order valence-corrected chi connectivity index (χ2v) is 7.60. The average molecular weight is 328 g/mol. The van der Waals surface area contributed by atoms with Crippen LogP contribution in [0, 0.1) is 0 Å². The molecule has 1 atom stereocenters. The zero-order chi connectivity index (χ0) is 15.8. The Morgan fingerprint density at radius 3 is 3.04 bits per heavy atom. The predicted molar refractivity (Wildman–Crippen MR) is 89.4 cm³/mol. The number of aryl methyl sites for hydroxylation is 1. The standard InChI is InChI=1S/C18H20N2O2S/c1-20(11-14-13-7-3-4-8-15(13)22-19-14)18(21)17-10-12-6-2-5-9-16(12)23-17/h2,5-6,9,17H,3-4,7-8,10-11H2,1H3. The van der Waals surface area contributed by atoms with Crippen molar-refractivity contribution in [3.8, 4) is 0 Å². The first-order valence-corrected chi connectivity index (χ1v) is 9.06. The van der Waals surface area contributed by atoms with E-state index < -0.39 is 0 Å². The molecule has 2 heterocycles. The van der Waals surface area contributed by atoms with Crippen LogP contribution in [0.2, 0.25) is 0 Å². The number of amides is 1. The molecule has 2 aliphatic rings. The number of rotatable bonds is 3. The lowest BCUT2D eigenvalue weighted by atomic mass is 9.96. The van der Waals surface area contributed by atoms with E-state index in [0.717, 1.165) is 30.7 Å². The molecule has 1 unspecified atom stereocenters. The van der Waals surface area contributed by atoms with Gasteiger partial charge in [0.15, 0.2) is 0 Å². The molecule has 0 spiro atoms. The fourth-order valence-corrected chi connectivity index (χ4v) is 4.75. The number of hydrogen-bond donors (Lipinski definition) is 0. The molecule has 5 heteroatoms. The molecular formula is C18H20N2O2S. The summed E-state index contributed by atoms with van der Waals surface area (Å²) < 4.78 is 5.45. The molecule has 1 aliphatic heterocycles. The topological polar surface area (TPSA) is 46.3 Å². The van der Waals surface area contributed by atoms with Crippen molar-refractivity contribution < 1.29 is 9.32 Å². The lowest BCUT2D eigenvalue weighted by Gasteiger charge is -2.20. The molecule has 0 fully saturated rings. The van der Waals surface area contributed by atoms with Crippen LogP contribution in [0.1, 0.15) is 35.4 Å². The summed E-state index contributed by atoms with van der Waals surface area (Å²) in [4.78, 5) is 15.8. The van der Waals surface area contributed by atoms with Crippen molar-refractivity contribution in [3.63, 3.8) is 0 Å². The third kappa shape index (κ3) is 2.78. The first-order chi connectivity index (χ1) is 11.2. The van der Waals surface area contributed by atoms with Crippen molar-refractivity contribution in [1.29, 1.82) is 0 Å². The number of nitrogens with zero attached hydrogens (tertiary/aromatic N) is 2. The summed E-state index contributed by atoms with van der Waals surface area (Å²) >= 11 is 1.68. The second-order valence-electron chi connectivity index (χ2n) is 6.35. The zero-order valence-electron chi connectivity index (χ0n) is 13.2. The molecule has 23 heavy (non-hydrogen) atoms. The third-order valence-corrected chi connectivity index (χ3v) is 6.02. The van der Waals surface area contributed by atoms with Crippen molar-refractivity contribution in [2.75, 3.05) is 7.05 Å². The molecule has 0 saturated heterocycles. The second kappa shape index (κ2) is 6.04. The Hall–Kier alpha value is -1.75. The van der Waals surface area contributed by atoms with Crippen molar-refractivity contribution >= 4 is 17.7 Å². The van der Waals surface area contributed by atoms with E-state index in [-0.39, 0.29) is 11.2 Å². The summed E-state index contributed by atoms with van der Waals surface area (Å²) in [7, 11) is 1.87. The van der Waals surface area contributed by atoms with Crippen LogP contribution in [0.25, 0.3) is 0 Å².